The van der Waals surface area contributed by atoms with Gasteiger partial charge in [-0.15, -0.1) is 0 Å². The summed E-state index contributed by atoms with van der Waals surface area (Å²) in [6, 6.07) is 2.76. The van der Waals surface area contributed by atoms with E-state index in [9.17, 15) is 24.9 Å². The van der Waals surface area contributed by atoms with Gasteiger partial charge in [-0.2, -0.15) is 0 Å². The van der Waals surface area contributed by atoms with E-state index in [1.165, 1.54) is 26.4 Å². The highest BCUT2D eigenvalue weighted by Gasteiger charge is 2.44. The van der Waals surface area contributed by atoms with Crippen LogP contribution in [0.15, 0.2) is 23.8 Å². The highest BCUT2D eigenvalue weighted by Crippen LogP contribution is 2.50. The van der Waals surface area contributed by atoms with Crippen LogP contribution < -0.4 is 14.8 Å². The molecule has 1 aromatic carbocycles. The van der Waals surface area contributed by atoms with Gasteiger partial charge in [0.2, 0.25) is 11.8 Å². The van der Waals surface area contributed by atoms with E-state index in [4.69, 9.17) is 14.2 Å². The van der Waals surface area contributed by atoms with Crippen LogP contribution in [0, 0.1) is 21.3 Å². The van der Waals surface area contributed by atoms with Gasteiger partial charge in [0.25, 0.3) is 0 Å². The van der Waals surface area contributed by atoms with Crippen LogP contribution in [0.2, 0.25) is 0 Å². The summed E-state index contributed by atoms with van der Waals surface area (Å²) in [7, 11) is 1.50. The van der Waals surface area contributed by atoms with Gasteiger partial charge < -0.3 is 39.7 Å². The van der Waals surface area contributed by atoms with E-state index in [1.54, 1.807) is 23.1 Å². The standard InChI is InChI=1S/C32H46IN3O8/c1-42-28-15-21(19-38)14-25(33)31(28)44-27-17-24(32(41)34-4-9-37)16-26(30(27)40)36(6-5-35-7-10-43-11-8-35)29(39)18-23-13-20-2-3-22(23)12-20/h14-15,17,20,22-23,26-27,30,37-38,40H,2-13,16,18-19H2,1H3,(H,34,41). The molecular weight excluding hydrogens is 681 g/mol. The Balaban J connectivity index is 1.43. The number of nitrogens with zero attached hydrogens (tertiary/aromatic N) is 2. The molecule has 4 aliphatic rings. The largest absolute Gasteiger partial charge is 0.493 e. The molecule has 11 nitrogen and oxygen atoms in total. The fourth-order valence-corrected chi connectivity index (χ4v) is 8.20. The third kappa shape index (κ3) is 7.87. The molecule has 3 fully saturated rings. The summed E-state index contributed by atoms with van der Waals surface area (Å²) in [4.78, 5) is 31.5. The van der Waals surface area contributed by atoms with Gasteiger partial charge in [-0.1, -0.05) is 6.42 Å². The van der Waals surface area contributed by atoms with E-state index in [1.807, 2.05) is 0 Å². The Bertz CT molecular complexity index is 1190. The SMILES string of the molecule is COc1cc(CO)cc(I)c1OC1C=C(C(=O)NCCO)CC(N(CCN2CCOCC2)C(=O)CC2CC3CCC2C3)C1O. The lowest BCUT2D eigenvalue weighted by atomic mass is 9.84. The number of carbonyl (C=O) groups is 2. The minimum atomic E-state index is -1.11. The first-order chi connectivity index (χ1) is 21.3. The van der Waals surface area contributed by atoms with Gasteiger partial charge in [0, 0.05) is 51.1 Å². The normalized spacial score (nSPS) is 28.4. The zero-order valence-corrected chi connectivity index (χ0v) is 27.6. The molecule has 1 aliphatic heterocycles. The first-order valence-electron chi connectivity index (χ1n) is 15.8. The zero-order valence-electron chi connectivity index (χ0n) is 25.5. The molecule has 244 valence electrons. The Morgan fingerprint density at radius 2 is 1.98 bits per heavy atom. The summed E-state index contributed by atoms with van der Waals surface area (Å²) in [5, 5.41) is 33.6. The summed E-state index contributed by atoms with van der Waals surface area (Å²) >= 11 is 2.10. The van der Waals surface area contributed by atoms with Crippen LogP contribution in [0.3, 0.4) is 0 Å². The van der Waals surface area contributed by atoms with E-state index in [-0.39, 0.29) is 38.0 Å². The number of amides is 2. The molecule has 2 bridgehead atoms. The van der Waals surface area contributed by atoms with Gasteiger partial charge in [-0.25, -0.2) is 0 Å². The number of morpholine rings is 1. The molecule has 3 aliphatic carbocycles. The lowest BCUT2D eigenvalue weighted by Gasteiger charge is -2.42. The van der Waals surface area contributed by atoms with Crippen LogP contribution in [0.1, 0.15) is 44.1 Å². The fraction of sp³-hybridized carbons (Fsp3) is 0.688. The zero-order chi connectivity index (χ0) is 31.2. The van der Waals surface area contributed by atoms with Gasteiger partial charge in [0.15, 0.2) is 11.5 Å². The maximum Gasteiger partial charge on any atom is 0.247 e. The maximum atomic E-state index is 14.2. The van der Waals surface area contributed by atoms with Crippen molar-refractivity contribution in [2.24, 2.45) is 17.8 Å². The Morgan fingerprint density at radius 3 is 2.64 bits per heavy atom. The summed E-state index contributed by atoms with van der Waals surface area (Å²) in [5.74, 6) is 2.09. The van der Waals surface area contributed by atoms with Crippen LogP contribution >= 0.6 is 22.6 Å². The number of aliphatic hydroxyl groups excluding tert-OH is 3. The number of ether oxygens (including phenoxy) is 3. The topological polar surface area (TPSA) is 141 Å². The van der Waals surface area contributed by atoms with Crippen molar-refractivity contribution < 1.29 is 39.1 Å². The minimum Gasteiger partial charge on any atom is -0.493 e. The Hall–Kier alpha value is -1.97. The average Bonchev–Trinajstić information content (AvgIpc) is 3.66. The molecule has 0 aromatic heterocycles. The molecule has 2 amide bonds. The Morgan fingerprint density at radius 1 is 1.18 bits per heavy atom. The van der Waals surface area contributed by atoms with Gasteiger partial charge in [-0.05, 0) is 83.4 Å². The number of fused-ring (bicyclic) bond motifs is 2. The summed E-state index contributed by atoms with van der Waals surface area (Å²) < 4.78 is 18.2. The van der Waals surface area contributed by atoms with Gasteiger partial charge in [-0.3, -0.25) is 14.5 Å². The van der Waals surface area contributed by atoms with Crippen LogP contribution in [0.4, 0.5) is 0 Å². The van der Waals surface area contributed by atoms with Gasteiger partial charge >= 0.3 is 0 Å². The maximum absolute atomic E-state index is 14.2. The Labute approximate surface area is 273 Å². The number of hydrogen-bond acceptors (Lipinski definition) is 9. The number of halogens is 1. The number of carbonyl (C=O) groups excluding carboxylic acids is 2. The van der Waals surface area contributed by atoms with E-state index in [0.717, 1.165) is 25.4 Å². The monoisotopic (exact) mass is 727 g/mol. The fourth-order valence-electron chi connectivity index (χ4n) is 7.41. The quantitative estimate of drug-likeness (QED) is 0.224. The number of nitrogens with one attached hydrogen (secondary N) is 1. The number of aliphatic hydroxyl groups is 3. The number of methoxy groups -OCH3 is 1. The lowest BCUT2D eigenvalue weighted by Crippen LogP contribution is -2.57. The molecule has 5 rings (SSSR count). The third-order valence-corrected chi connectivity index (χ3v) is 10.5. The second-order valence-electron chi connectivity index (χ2n) is 12.5. The number of benzene rings is 1. The molecule has 0 spiro atoms. The molecule has 2 saturated carbocycles. The molecule has 12 heteroatoms. The van der Waals surface area contributed by atoms with Crippen molar-refractivity contribution in [3.05, 3.63) is 32.9 Å². The van der Waals surface area contributed by atoms with Crippen molar-refractivity contribution in [1.29, 1.82) is 0 Å². The van der Waals surface area contributed by atoms with Crippen molar-refractivity contribution in [2.45, 2.75) is 63.4 Å². The minimum absolute atomic E-state index is 0.00934. The van der Waals surface area contributed by atoms with Gasteiger partial charge in [0.05, 0.1) is 43.1 Å². The molecule has 6 atom stereocenters. The first-order valence-corrected chi connectivity index (χ1v) is 16.9. The average molecular weight is 728 g/mol. The lowest BCUT2D eigenvalue weighted by molar-refractivity contribution is -0.140. The highest BCUT2D eigenvalue weighted by atomic mass is 127. The smallest absolute Gasteiger partial charge is 0.247 e. The number of rotatable bonds is 13. The molecular formula is C32H46IN3O8. The van der Waals surface area contributed by atoms with Crippen molar-refractivity contribution in [3.8, 4) is 11.5 Å². The van der Waals surface area contributed by atoms with Crippen LogP contribution in [0.5, 0.6) is 11.5 Å². The van der Waals surface area contributed by atoms with E-state index in [2.05, 4.69) is 32.8 Å². The van der Waals surface area contributed by atoms with Crippen molar-refractivity contribution in [2.75, 3.05) is 59.7 Å². The van der Waals surface area contributed by atoms with Crippen molar-refractivity contribution >= 4 is 34.4 Å². The van der Waals surface area contributed by atoms with E-state index < -0.39 is 18.2 Å². The number of hydrogen-bond donors (Lipinski definition) is 4. The molecule has 44 heavy (non-hydrogen) atoms. The highest BCUT2D eigenvalue weighted by molar-refractivity contribution is 14.1. The molecule has 1 saturated heterocycles. The van der Waals surface area contributed by atoms with Crippen LogP contribution in [0.25, 0.3) is 0 Å². The molecule has 1 aromatic rings. The van der Waals surface area contributed by atoms with Crippen LogP contribution in [-0.2, 0) is 20.9 Å². The molecule has 4 N–H and O–H groups in total. The molecule has 6 unspecified atom stereocenters. The first kappa shape index (κ1) is 33.4. The van der Waals surface area contributed by atoms with Gasteiger partial charge in [0.1, 0.15) is 12.2 Å². The molecule has 1 heterocycles. The Kier molecular flexibility index (Phi) is 11.8. The van der Waals surface area contributed by atoms with Crippen LogP contribution in [-0.4, -0.2) is 115 Å². The predicted octanol–water partition coefficient (Wildman–Crippen LogP) is 1.69. The van der Waals surface area contributed by atoms with E-state index >= 15 is 0 Å². The van der Waals surface area contributed by atoms with Crippen molar-refractivity contribution in [1.82, 2.24) is 15.1 Å². The third-order valence-electron chi connectivity index (χ3n) is 9.74. The molecule has 0 radical (unpaired) electrons. The predicted molar refractivity (Wildman–Crippen MR) is 171 cm³/mol. The second-order valence-corrected chi connectivity index (χ2v) is 13.6. The summed E-state index contributed by atoms with van der Waals surface area (Å²) in [6.07, 6.45) is 4.91. The summed E-state index contributed by atoms with van der Waals surface area (Å²) in [5.41, 5.74) is 1.05. The second kappa shape index (κ2) is 15.5. The van der Waals surface area contributed by atoms with E-state index in [0.29, 0.717) is 70.8 Å². The summed E-state index contributed by atoms with van der Waals surface area (Å²) in [6.45, 7) is 3.64. The van der Waals surface area contributed by atoms with Crippen molar-refractivity contribution in [3.63, 3.8) is 0 Å².